The number of anilines is 1. The number of alkyl halides is 11. The van der Waals surface area contributed by atoms with E-state index in [9.17, 15) is 53.5 Å². The van der Waals surface area contributed by atoms with E-state index >= 15 is 8.78 Å². The van der Waals surface area contributed by atoms with Crippen LogP contribution in [0.25, 0.3) is 0 Å². The molecule has 0 saturated heterocycles. The number of rotatable bonds is 5. The lowest BCUT2D eigenvalue weighted by Crippen LogP contribution is -2.72. The normalized spacial score (nSPS) is 19.8. The maximum absolute atomic E-state index is 15.4. The molecule has 0 bridgehead atoms. The Bertz CT molecular complexity index is 1430. The molecule has 2 aromatic carbocycles. The van der Waals surface area contributed by atoms with Gasteiger partial charge in [0.25, 0.3) is 11.8 Å². The summed E-state index contributed by atoms with van der Waals surface area (Å²) in [6, 6.07) is 3.06. The van der Waals surface area contributed by atoms with Gasteiger partial charge in [-0.2, -0.15) is 39.5 Å². The lowest BCUT2D eigenvalue weighted by atomic mass is 9.76. The van der Waals surface area contributed by atoms with Gasteiger partial charge in [0.2, 0.25) is 0 Å². The number of allylic oxidation sites excluding steroid dienone is 2. The number of nitrogens with zero attached hydrogens (tertiary/aromatic N) is 1. The number of benzene rings is 2. The summed E-state index contributed by atoms with van der Waals surface area (Å²) in [5.74, 6) is -5.48. The molecular weight excluding hydrogens is 715 g/mol. The fraction of sp³-hybridized carbons (Fsp3) is 0.280. The number of hydrogen-bond acceptors (Lipinski definition) is 2. The highest BCUT2D eigenvalue weighted by Gasteiger charge is 2.82. The van der Waals surface area contributed by atoms with Crippen molar-refractivity contribution >= 4 is 40.1 Å². The van der Waals surface area contributed by atoms with E-state index in [1.807, 2.05) is 0 Å². The first kappa shape index (κ1) is 33.3. The molecule has 2 atom stereocenters. The van der Waals surface area contributed by atoms with Crippen LogP contribution in [0.3, 0.4) is 0 Å². The van der Waals surface area contributed by atoms with Gasteiger partial charge >= 0.3 is 24.2 Å². The zero-order chi connectivity index (χ0) is 32.1. The Hall–Kier alpha value is -3.25. The maximum Gasteiger partial charge on any atom is 0.433 e. The van der Waals surface area contributed by atoms with Gasteiger partial charge in [-0.15, -0.1) is 0 Å². The molecule has 17 heteroatoms. The van der Waals surface area contributed by atoms with Crippen LogP contribution < -0.4 is 10.2 Å². The maximum atomic E-state index is 15.4. The molecule has 1 aliphatic rings. The van der Waals surface area contributed by atoms with Gasteiger partial charge in [-0.1, -0.05) is 53.0 Å². The predicted octanol–water partition coefficient (Wildman–Crippen LogP) is 7.41. The second-order valence-corrected chi connectivity index (χ2v) is 10.6. The number of amides is 2. The molecule has 1 aliphatic carbocycles. The molecule has 0 spiro atoms. The lowest BCUT2D eigenvalue weighted by molar-refractivity contribution is -0.347. The smallest absolute Gasteiger partial charge is 0.343 e. The van der Waals surface area contributed by atoms with E-state index in [0.29, 0.717) is 11.0 Å². The average Bonchev–Trinajstić information content (AvgIpc) is 2.86. The summed E-state index contributed by atoms with van der Waals surface area (Å²) in [7, 11) is 0.962. The molecule has 0 radical (unpaired) electrons. The van der Waals surface area contributed by atoms with Crippen LogP contribution in [-0.4, -0.2) is 52.5 Å². The molecule has 1 N–H and O–H groups in total. The summed E-state index contributed by atoms with van der Waals surface area (Å²) in [4.78, 5) is 26.2. The molecule has 42 heavy (non-hydrogen) atoms. The van der Waals surface area contributed by atoms with Crippen LogP contribution in [0.1, 0.15) is 20.7 Å². The molecule has 0 aliphatic heterocycles. The minimum absolute atomic E-state index is 0.0350. The van der Waals surface area contributed by atoms with Crippen LogP contribution in [0, 0.1) is 11.6 Å². The van der Waals surface area contributed by atoms with Crippen LogP contribution >= 0.6 is 22.6 Å². The van der Waals surface area contributed by atoms with Gasteiger partial charge in [0.1, 0.15) is 9.24 Å². The summed E-state index contributed by atoms with van der Waals surface area (Å²) in [6.07, 6.45) is -19.3. The molecule has 2 amide bonds. The Morgan fingerprint density at radius 1 is 0.905 bits per heavy atom. The summed E-state index contributed by atoms with van der Waals surface area (Å²) in [6.45, 7) is 0. The highest BCUT2D eigenvalue weighted by Crippen LogP contribution is 2.60. The Labute approximate surface area is 242 Å². The first-order chi connectivity index (χ1) is 19.1. The van der Waals surface area contributed by atoms with Gasteiger partial charge < -0.3 is 10.2 Å². The molecule has 2 aromatic rings. The van der Waals surface area contributed by atoms with Crippen LogP contribution in [0.2, 0.25) is 0 Å². The number of hydrogen-bond donors (Lipinski definition) is 1. The van der Waals surface area contributed by atoms with Gasteiger partial charge in [-0.25, -0.2) is 13.2 Å². The standard InChI is InChI=1S/C25H15F12IN2O2/c1-40(20(42)12-5-2-6-13(26)11-12)16-9-3-7-14(17(16)27)19(41)39-18-15(22(28,29)30)8-4-10-21(18,38)23(31,24(32,33)34)25(35,36)37/h2-11,18H,1H3,(H,39,41). The predicted molar refractivity (Wildman–Crippen MR) is 133 cm³/mol. The average molecular weight is 730 g/mol. The van der Waals surface area contributed by atoms with Crippen LogP contribution in [0.15, 0.2) is 66.3 Å². The van der Waals surface area contributed by atoms with E-state index in [2.05, 4.69) is 0 Å². The minimum atomic E-state index is -6.83. The lowest BCUT2D eigenvalue weighted by Gasteiger charge is -2.47. The summed E-state index contributed by atoms with van der Waals surface area (Å²) < 4.78 is 163. The van der Waals surface area contributed by atoms with Crippen molar-refractivity contribution in [1.82, 2.24) is 5.32 Å². The van der Waals surface area contributed by atoms with Crippen molar-refractivity contribution in [2.24, 2.45) is 0 Å². The molecule has 0 heterocycles. The highest BCUT2D eigenvalue weighted by atomic mass is 127. The van der Waals surface area contributed by atoms with E-state index in [1.54, 1.807) is 0 Å². The van der Waals surface area contributed by atoms with Gasteiger partial charge in [0.05, 0.1) is 22.9 Å². The third kappa shape index (κ3) is 5.70. The van der Waals surface area contributed by atoms with Gasteiger partial charge in [-0.05, 0) is 30.3 Å². The SMILES string of the molecule is CN(C(=O)c1cccc(F)c1)c1cccc(C(=O)NC2C(C(F)(F)F)=CC=CC2(I)C(F)(C(F)(F)F)C(F)(F)F)c1F. The molecule has 4 nitrogen and oxygen atoms in total. The Kier molecular flexibility index (Phi) is 8.79. The van der Waals surface area contributed by atoms with E-state index in [0.717, 1.165) is 43.4 Å². The van der Waals surface area contributed by atoms with Gasteiger partial charge in [-0.3, -0.25) is 9.59 Å². The number of carbonyl (C=O) groups excluding carboxylic acids is 2. The van der Waals surface area contributed by atoms with Crippen molar-refractivity contribution in [3.63, 3.8) is 0 Å². The summed E-state index contributed by atoms with van der Waals surface area (Å²) >= 11 is 0.198. The topological polar surface area (TPSA) is 49.4 Å². The van der Waals surface area contributed by atoms with E-state index in [1.165, 1.54) is 5.32 Å². The number of carbonyl (C=O) groups is 2. The molecule has 0 fully saturated rings. The number of halogens is 13. The van der Waals surface area contributed by atoms with Crippen molar-refractivity contribution in [1.29, 1.82) is 0 Å². The van der Waals surface area contributed by atoms with Crippen molar-refractivity contribution in [3.05, 3.63) is 89.0 Å². The van der Waals surface area contributed by atoms with E-state index < -0.39 is 73.9 Å². The quantitative estimate of drug-likeness (QED) is 0.198. The second-order valence-electron chi connectivity index (χ2n) is 8.82. The van der Waals surface area contributed by atoms with Gasteiger partial charge in [0, 0.05) is 12.6 Å². The Morgan fingerprint density at radius 3 is 2.00 bits per heavy atom. The third-order valence-corrected chi connectivity index (χ3v) is 7.94. The molecule has 3 rings (SSSR count). The summed E-state index contributed by atoms with van der Waals surface area (Å²) in [5, 5.41) is 1.29. The van der Waals surface area contributed by atoms with Crippen LogP contribution in [0.5, 0.6) is 0 Å². The summed E-state index contributed by atoms with van der Waals surface area (Å²) in [5.41, 5.74) is -10.8. The Balaban J connectivity index is 2.11. The zero-order valence-corrected chi connectivity index (χ0v) is 22.7. The molecule has 228 valence electrons. The van der Waals surface area contributed by atoms with Crippen molar-refractivity contribution < 1.29 is 62.3 Å². The zero-order valence-electron chi connectivity index (χ0n) is 20.5. The largest absolute Gasteiger partial charge is 0.433 e. The van der Waals surface area contributed by atoms with E-state index in [-0.39, 0.29) is 46.4 Å². The fourth-order valence-corrected chi connectivity index (χ4v) is 5.46. The Morgan fingerprint density at radius 2 is 1.48 bits per heavy atom. The van der Waals surface area contributed by atoms with Crippen LogP contribution in [-0.2, 0) is 0 Å². The third-order valence-electron chi connectivity index (χ3n) is 6.22. The van der Waals surface area contributed by atoms with Crippen LogP contribution in [0.4, 0.5) is 58.4 Å². The fourth-order valence-electron chi connectivity index (χ4n) is 4.15. The first-order valence-corrected chi connectivity index (χ1v) is 12.3. The van der Waals surface area contributed by atoms with Crippen molar-refractivity contribution in [2.75, 3.05) is 11.9 Å². The highest BCUT2D eigenvalue weighted by molar-refractivity contribution is 14.1. The van der Waals surface area contributed by atoms with Crippen molar-refractivity contribution in [2.45, 2.75) is 33.7 Å². The first-order valence-electron chi connectivity index (χ1n) is 11.2. The molecular formula is C25H15F12IN2O2. The minimum Gasteiger partial charge on any atom is -0.343 e. The molecule has 2 unspecified atom stereocenters. The number of nitrogens with one attached hydrogen (secondary N) is 1. The van der Waals surface area contributed by atoms with Gasteiger partial charge in [0.15, 0.2) is 5.82 Å². The monoisotopic (exact) mass is 730 g/mol. The van der Waals surface area contributed by atoms with E-state index in [4.69, 9.17) is 0 Å². The molecule has 0 aromatic heterocycles. The van der Waals surface area contributed by atoms with Crippen molar-refractivity contribution in [3.8, 4) is 0 Å². The second kappa shape index (κ2) is 11.1. The molecule has 0 saturated carbocycles.